The number of carbonyl (C=O) groups is 2. The van der Waals surface area contributed by atoms with E-state index in [1.807, 2.05) is 29.2 Å². The first-order valence-corrected chi connectivity index (χ1v) is 7.62. The number of rotatable bonds is 3. The Bertz CT molecular complexity index is 694. The minimum Gasteiger partial charge on any atom is -0.356 e. The van der Waals surface area contributed by atoms with E-state index in [-0.39, 0.29) is 11.8 Å². The highest BCUT2D eigenvalue weighted by atomic mass is 16.2. The molecule has 0 aliphatic carbocycles. The predicted octanol–water partition coefficient (Wildman–Crippen LogP) is 1.55. The molecule has 0 saturated carbocycles. The van der Waals surface area contributed by atoms with Crippen LogP contribution in [-0.4, -0.2) is 46.5 Å². The lowest BCUT2D eigenvalue weighted by molar-refractivity contribution is -0.119. The number of H-pyrrole nitrogens is 1. The zero-order valence-electron chi connectivity index (χ0n) is 12.6. The summed E-state index contributed by atoms with van der Waals surface area (Å²) in [5.74, 6) is 0.249. The maximum Gasteiger partial charge on any atom is 0.275 e. The first-order chi connectivity index (χ1) is 10.6. The van der Waals surface area contributed by atoms with Crippen molar-refractivity contribution in [1.29, 1.82) is 0 Å². The molecule has 3 rings (SSSR count). The molecule has 6 nitrogen and oxygen atoms in total. The Morgan fingerprint density at radius 1 is 1.41 bits per heavy atom. The molecule has 1 saturated heterocycles. The Hall–Kier alpha value is -2.37. The number of fused-ring (bicyclic) bond motifs is 1. The van der Waals surface area contributed by atoms with Gasteiger partial charge in [0.05, 0.1) is 5.52 Å². The van der Waals surface area contributed by atoms with Crippen molar-refractivity contribution in [3.8, 4) is 0 Å². The number of likely N-dealkylation sites (tertiary alicyclic amines) is 1. The number of hydrogen-bond acceptors (Lipinski definition) is 3. The van der Waals surface area contributed by atoms with Crippen LogP contribution in [0.1, 0.15) is 30.3 Å². The normalized spacial score (nSPS) is 18.4. The number of piperidine rings is 1. The van der Waals surface area contributed by atoms with E-state index in [9.17, 15) is 9.59 Å². The molecular formula is C16H20N4O2. The van der Waals surface area contributed by atoms with Gasteiger partial charge in [0.15, 0.2) is 5.69 Å². The van der Waals surface area contributed by atoms with E-state index < -0.39 is 0 Å². The zero-order chi connectivity index (χ0) is 15.5. The van der Waals surface area contributed by atoms with Crippen LogP contribution in [0, 0.1) is 5.92 Å². The van der Waals surface area contributed by atoms with Crippen LogP contribution in [0.5, 0.6) is 0 Å². The molecule has 1 fully saturated rings. The van der Waals surface area contributed by atoms with Gasteiger partial charge in [-0.15, -0.1) is 0 Å². The van der Waals surface area contributed by atoms with Crippen molar-refractivity contribution < 1.29 is 9.59 Å². The highest BCUT2D eigenvalue weighted by molar-refractivity contribution is 6.04. The molecule has 2 N–H and O–H groups in total. The lowest BCUT2D eigenvalue weighted by atomic mass is 9.97. The van der Waals surface area contributed by atoms with Crippen LogP contribution in [0.15, 0.2) is 24.3 Å². The molecule has 116 valence electrons. The Kier molecular flexibility index (Phi) is 4.09. The molecule has 0 radical (unpaired) electrons. The standard InChI is InChI=1S/C16H20N4O2/c1-11(21)17-9-12-5-4-8-20(10-12)16(22)15-13-6-2-3-7-14(13)18-19-15/h2-3,6-7,12H,4-5,8-10H2,1H3,(H,17,21)(H,18,19). The number of carbonyl (C=O) groups excluding carboxylic acids is 2. The lowest BCUT2D eigenvalue weighted by Gasteiger charge is -2.32. The second-order valence-electron chi connectivity index (χ2n) is 5.81. The number of para-hydroxylation sites is 1. The van der Waals surface area contributed by atoms with Crippen molar-refractivity contribution in [2.24, 2.45) is 5.92 Å². The Labute approximate surface area is 128 Å². The highest BCUT2D eigenvalue weighted by Gasteiger charge is 2.26. The fourth-order valence-electron chi connectivity index (χ4n) is 2.98. The van der Waals surface area contributed by atoms with Gasteiger partial charge in [0, 0.05) is 31.9 Å². The molecule has 2 amide bonds. The molecule has 0 spiro atoms. The number of nitrogens with one attached hydrogen (secondary N) is 2. The second kappa shape index (κ2) is 6.17. The minimum absolute atomic E-state index is 0.0262. The number of benzene rings is 1. The first-order valence-electron chi connectivity index (χ1n) is 7.62. The van der Waals surface area contributed by atoms with Gasteiger partial charge in [0.2, 0.25) is 5.91 Å². The van der Waals surface area contributed by atoms with E-state index in [1.165, 1.54) is 6.92 Å². The fraction of sp³-hybridized carbons (Fsp3) is 0.438. The summed E-state index contributed by atoms with van der Waals surface area (Å²) >= 11 is 0. The highest BCUT2D eigenvalue weighted by Crippen LogP contribution is 2.21. The van der Waals surface area contributed by atoms with E-state index in [1.54, 1.807) is 0 Å². The van der Waals surface area contributed by atoms with Gasteiger partial charge in [0.25, 0.3) is 5.91 Å². The monoisotopic (exact) mass is 300 g/mol. The summed E-state index contributed by atoms with van der Waals surface area (Å²) in [6.07, 6.45) is 1.99. The topological polar surface area (TPSA) is 78.1 Å². The van der Waals surface area contributed by atoms with Crippen LogP contribution in [0.3, 0.4) is 0 Å². The lowest BCUT2D eigenvalue weighted by Crippen LogP contribution is -2.43. The number of aromatic amines is 1. The van der Waals surface area contributed by atoms with E-state index >= 15 is 0 Å². The van der Waals surface area contributed by atoms with E-state index in [2.05, 4.69) is 15.5 Å². The van der Waals surface area contributed by atoms with Crippen molar-refractivity contribution >= 4 is 22.7 Å². The second-order valence-corrected chi connectivity index (χ2v) is 5.81. The van der Waals surface area contributed by atoms with Gasteiger partial charge in [-0.3, -0.25) is 14.7 Å². The number of hydrogen-bond donors (Lipinski definition) is 2. The van der Waals surface area contributed by atoms with Gasteiger partial charge in [-0.2, -0.15) is 5.10 Å². The van der Waals surface area contributed by atoms with Crippen molar-refractivity contribution in [2.75, 3.05) is 19.6 Å². The molecule has 2 aromatic rings. The number of amides is 2. The molecule has 0 bridgehead atoms. The molecule has 22 heavy (non-hydrogen) atoms. The molecule has 1 unspecified atom stereocenters. The van der Waals surface area contributed by atoms with E-state index in [0.29, 0.717) is 24.7 Å². The molecular weight excluding hydrogens is 280 g/mol. The van der Waals surface area contributed by atoms with Gasteiger partial charge >= 0.3 is 0 Å². The number of nitrogens with zero attached hydrogens (tertiary/aromatic N) is 2. The van der Waals surface area contributed by atoms with Gasteiger partial charge < -0.3 is 10.2 Å². The largest absolute Gasteiger partial charge is 0.356 e. The van der Waals surface area contributed by atoms with Crippen molar-refractivity contribution in [1.82, 2.24) is 20.4 Å². The average Bonchev–Trinajstić information content (AvgIpc) is 2.96. The number of aromatic nitrogens is 2. The molecule has 6 heteroatoms. The van der Waals surface area contributed by atoms with Gasteiger partial charge in [-0.25, -0.2) is 0 Å². The third kappa shape index (κ3) is 2.95. The Morgan fingerprint density at radius 3 is 3.05 bits per heavy atom. The Morgan fingerprint density at radius 2 is 2.23 bits per heavy atom. The SMILES string of the molecule is CC(=O)NCC1CCCN(C(=O)c2n[nH]c3ccccc23)C1. The fourth-order valence-corrected chi connectivity index (χ4v) is 2.98. The summed E-state index contributed by atoms with van der Waals surface area (Å²) in [5, 5.41) is 10.8. The molecule has 1 aliphatic heterocycles. The summed E-state index contributed by atoms with van der Waals surface area (Å²) < 4.78 is 0. The summed E-state index contributed by atoms with van der Waals surface area (Å²) in [4.78, 5) is 25.6. The summed E-state index contributed by atoms with van der Waals surface area (Å²) in [6.45, 7) is 3.55. The molecule has 2 heterocycles. The average molecular weight is 300 g/mol. The van der Waals surface area contributed by atoms with Crippen molar-refractivity contribution in [3.63, 3.8) is 0 Å². The minimum atomic E-state index is -0.0371. The van der Waals surface area contributed by atoms with Crippen LogP contribution in [0.2, 0.25) is 0 Å². The van der Waals surface area contributed by atoms with Crippen LogP contribution >= 0.6 is 0 Å². The maximum absolute atomic E-state index is 12.7. The molecule has 1 aliphatic rings. The zero-order valence-corrected chi connectivity index (χ0v) is 12.6. The third-order valence-corrected chi connectivity index (χ3v) is 4.12. The molecule has 1 atom stereocenters. The molecule has 1 aromatic heterocycles. The van der Waals surface area contributed by atoms with Crippen LogP contribution in [-0.2, 0) is 4.79 Å². The molecule has 1 aromatic carbocycles. The van der Waals surface area contributed by atoms with Gasteiger partial charge in [-0.05, 0) is 24.8 Å². The smallest absolute Gasteiger partial charge is 0.275 e. The van der Waals surface area contributed by atoms with Gasteiger partial charge in [-0.1, -0.05) is 18.2 Å². The van der Waals surface area contributed by atoms with Crippen LogP contribution in [0.25, 0.3) is 10.9 Å². The van der Waals surface area contributed by atoms with Crippen LogP contribution < -0.4 is 5.32 Å². The summed E-state index contributed by atoms with van der Waals surface area (Å²) in [7, 11) is 0. The van der Waals surface area contributed by atoms with Gasteiger partial charge in [0.1, 0.15) is 0 Å². The van der Waals surface area contributed by atoms with Crippen molar-refractivity contribution in [2.45, 2.75) is 19.8 Å². The van der Waals surface area contributed by atoms with Crippen molar-refractivity contribution in [3.05, 3.63) is 30.0 Å². The third-order valence-electron chi connectivity index (χ3n) is 4.12. The van der Waals surface area contributed by atoms with Crippen LogP contribution in [0.4, 0.5) is 0 Å². The predicted molar refractivity (Wildman–Crippen MR) is 83.4 cm³/mol. The summed E-state index contributed by atoms with van der Waals surface area (Å²) in [6, 6.07) is 7.64. The Balaban J connectivity index is 1.73. The quantitative estimate of drug-likeness (QED) is 0.903. The van der Waals surface area contributed by atoms with E-state index in [0.717, 1.165) is 30.3 Å². The first kappa shape index (κ1) is 14.6. The summed E-state index contributed by atoms with van der Waals surface area (Å²) in [5.41, 5.74) is 1.36. The maximum atomic E-state index is 12.7. The van der Waals surface area contributed by atoms with E-state index in [4.69, 9.17) is 0 Å².